The van der Waals surface area contributed by atoms with Crippen molar-refractivity contribution in [3.63, 3.8) is 0 Å². The van der Waals surface area contributed by atoms with Crippen LogP contribution >= 0.6 is 23.2 Å². The Kier molecular flexibility index (Phi) is 8.44. The van der Waals surface area contributed by atoms with Crippen LogP contribution in [0.4, 0.5) is 0 Å². The number of nitrogens with zero attached hydrogens (tertiary/aromatic N) is 1. The lowest BCUT2D eigenvalue weighted by Gasteiger charge is -2.13. The van der Waals surface area contributed by atoms with E-state index in [1.165, 1.54) is 0 Å². The van der Waals surface area contributed by atoms with E-state index in [2.05, 4.69) is 10.5 Å². The summed E-state index contributed by atoms with van der Waals surface area (Å²) in [5, 5.41) is 5.32. The second kappa shape index (κ2) is 11.5. The second-order valence-electron chi connectivity index (χ2n) is 6.58. The van der Waals surface area contributed by atoms with Crippen LogP contribution in [0.3, 0.4) is 0 Å². The van der Waals surface area contributed by atoms with Gasteiger partial charge in [0.2, 0.25) is 0 Å². The lowest BCUT2D eigenvalue weighted by molar-refractivity contribution is 0.269. The Morgan fingerprint density at radius 2 is 1.74 bits per heavy atom. The number of benzene rings is 3. The van der Waals surface area contributed by atoms with Gasteiger partial charge in [0.15, 0.2) is 11.5 Å². The van der Waals surface area contributed by atoms with Crippen LogP contribution in [0.2, 0.25) is 10.0 Å². The third-order valence-electron chi connectivity index (χ3n) is 4.41. The van der Waals surface area contributed by atoms with Crippen molar-refractivity contribution in [1.29, 1.82) is 0 Å². The first-order valence-corrected chi connectivity index (χ1v) is 10.6. The van der Waals surface area contributed by atoms with E-state index in [-0.39, 0.29) is 0 Å². The van der Waals surface area contributed by atoms with Crippen molar-refractivity contribution < 1.29 is 14.2 Å². The Balaban J connectivity index is 1.63. The number of hydrazone groups is 1. The minimum Gasteiger partial charge on any atom is -0.496 e. The lowest BCUT2D eigenvalue weighted by Crippen LogP contribution is -2.07. The summed E-state index contributed by atoms with van der Waals surface area (Å²) in [6, 6.07) is 18.9. The predicted octanol–water partition coefficient (Wildman–Crippen LogP) is 6.10. The van der Waals surface area contributed by atoms with Gasteiger partial charge < -0.3 is 19.6 Å². The summed E-state index contributed by atoms with van der Waals surface area (Å²) < 4.78 is 17.0. The average Bonchev–Trinajstić information content (AvgIpc) is 2.79. The highest BCUT2D eigenvalue weighted by Gasteiger charge is 2.08. The topological polar surface area (TPSA) is 52.1 Å². The van der Waals surface area contributed by atoms with E-state index in [0.717, 1.165) is 22.4 Å². The normalized spacial score (nSPS) is 10.8. The number of nitrogens with one attached hydrogen (secondary N) is 1. The third-order valence-corrected chi connectivity index (χ3v) is 5.15. The van der Waals surface area contributed by atoms with Crippen molar-refractivity contribution in [1.82, 2.24) is 5.43 Å². The second-order valence-corrected chi connectivity index (χ2v) is 7.40. The van der Waals surface area contributed by atoms with E-state index in [9.17, 15) is 0 Å². The van der Waals surface area contributed by atoms with Gasteiger partial charge in [0, 0.05) is 5.56 Å². The predicted molar refractivity (Wildman–Crippen MR) is 126 cm³/mol. The molecule has 0 unspecified atom stereocenters. The molecule has 7 heteroatoms. The Morgan fingerprint density at radius 3 is 2.52 bits per heavy atom. The Hall–Kier alpha value is -2.89. The molecule has 0 bridgehead atoms. The molecule has 0 saturated carbocycles. The van der Waals surface area contributed by atoms with Gasteiger partial charge in [0.25, 0.3) is 0 Å². The van der Waals surface area contributed by atoms with Crippen molar-refractivity contribution in [3.8, 4) is 17.2 Å². The van der Waals surface area contributed by atoms with Crippen LogP contribution in [0.15, 0.2) is 65.8 Å². The first kappa shape index (κ1) is 22.8. The summed E-state index contributed by atoms with van der Waals surface area (Å²) in [6.07, 6.45) is 1.74. The summed E-state index contributed by atoms with van der Waals surface area (Å²) in [4.78, 5) is 0. The molecule has 1 N–H and O–H groups in total. The Morgan fingerprint density at radius 1 is 0.903 bits per heavy atom. The zero-order valence-corrected chi connectivity index (χ0v) is 18.9. The molecule has 3 aromatic carbocycles. The van der Waals surface area contributed by atoms with Crippen LogP contribution in [0.1, 0.15) is 23.6 Å². The van der Waals surface area contributed by atoms with Crippen molar-refractivity contribution in [2.24, 2.45) is 5.10 Å². The lowest BCUT2D eigenvalue weighted by atomic mass is 10.2. The highest BCUT2D eigenvalue weighted by molar-refractivity contribution is 6.42. The zero-order valence-electron chi connectivity index (χ0n) is 17.4. The summed E-state index contributed by atoms with van der Waals surface area (Å²) in [6.45, 7) is 3.36. The number of halogens is 2. The fourth-order valence-electron chi connectivity index (χ4n) is 2.88. The van der Waals surface area contributed by atoms with Gasteiger partial charge in [0.1, 0.15) is 12.4 Å². The Labute approximate surface area is 192 Å². The molecular weight excluding hydrogens is 435 g/mol. The average molecular weight is 459 g/mol. The molecule has 0 aliphatic carbocycles. The molecule has 0 spiro atoms. The number of ether oxygens (including phenoxy) is 3. The van der Waals surface area contributed by atoms with E-state index in [1.54, 1.807) is 25.5 Å². The number of hydrogen-bond acceptors (Lipinski definition) is 5. The van der Waals surface area contributed by atoms with Crippen molar-refractivity contribution in [2.75, 3.05) is 13.7 Å². The SMILES string of the molecule is CCOc1cc(/C=N/NCc2ccccc2OC)ccc1OCc1ccc(Cl)c(Cl)c1. The summed E-state index contributed by atoms with van der Waals surface area (Å²) in [7, 11) is 1.66. The van der Waals surface area contributed by atoms with E-state index in [0.29, 0.717) is 41.3 Å². The van der Waals surface area contributed by atoms with E-state index >= 15 is 0 Å². The molecule has 3 aromatic rings. The summed E-state index contributed by atoms with van der Waals surface area (Å²) in [5.74, 6) is 2.12. The summed E-state index contributed by atoms with van der Waals surface area (Å²) >= 11 is 12.0. The molecule has 0 aromatic heterocycles. The van der Waals surface area contributed by atoms with E-state index in [4.69, 9.17) is 37.4 Å². The molecular formula is C24H24Cl2N2O3. The fraction of sp³-hybridized carbons (Fsp3) is 0.208. The van der Waals surface area contributed by atoms with Crippen LogP contribution in [0.5, 0.6) is 17.2 Å². The fourth-order valence-corrected chi connectivity index (χ4v) is 3.20. The summed E-state index contributed by atoms with van der Waals surface area (Å²) in [5.41, 5.74) is 5.88. The first-order chi connectivity index (χ1) is 15.1. The molecule has 0 amide bonds. The van der Waals surface area contributed by atoms with E-state index < -0.39 is 0 Å². The van der Waals surface area contributed by atoms with Gasteiger partial charge in [-0.3, -0.25) is 0 Å². The smallest absolute Gasteiger partial charge is 0.161 e. The van der Waals surface area contributed by atoms with E-state index in [1.807, 2.05) is 55.5 Å². The molecule has 162 valence electrons. The number of para-hydroxylation sites is 1. The van der Waals surface area contributed by atoms with Gasteiger partial charge in [-0.25, -0.2) is 0 Å². The minimum absolute atomic E-state index is 0.352. The number of hydrogen-bond donors (Lipinski definition) is 1. The van der Waals surface area contributed by atoms with Crippen LogP contribution in [-0.4, -0.2) is 19.9 Å². The number of rotatable bonds is 10. The van der Waals surface area contributed by atoms with Crippen LogP contribution in [0.25, 0.3) is 0 Å². The first-order valence-electron chi connectivity index (χ1n) is 9.82. The molecule has 0 fully saturated rings. The maximum absolute atomic E-state index is 6.07. The van der Waals surface area contributed by atoms with Gasteiger partial charge in [0.05, 0.1) is 36.5 Å². The number of methoxy groups -OCH3 is 1. The quantitative estimate of drug-likeness (QED) is 0.294. The van der Waals surface area contributed by atoms with Crippen molar-refractivity contribution in [3.05, 3.63) is 87.4 Å². The Bertz CT molecular complexity index is 1040. The molecule has 0 radical (unpaired) electrons. The standard InChI is InChI=1S/C24H24Cl2N2O3/c1-3-30-24-13-17(14-27-28-15-19-6-4-5-7-22(19)29-2)9-11-23(24)31-16-18-8-10-20(25)21(26)12-18/h4-14,28H,3,15-16H2,1-2H3/b27-14+. The van der Waals surface area contributed by atoms with Crippen molar-refractivity contribution in [2.45, 2.75) is 20.1 Å². The largest absolute Gasteiger partial charge is 0.496 e. The maximum Gasteiger partial charge on any atom is 0.161 e. The third kappa shape index (κ3) is 6.54. The molecule has 0 aliphatic rings. The zero-order chi connectivity index (χ0) is 22.1. The van der Waals surface area contributed by atoms with Gasteiger partial charge in [-0.05, 0) is 54.4 Å². The van der Waals surface area contributed by atoms with Crippen LogP contribution < -0.4 is 19.6 Å². The van der Waals surface area contributed by atoms with Crippen LogP contribution in [0, 0.1) is 0 Å². The highest BCUT2D eigenvalue weighted by atomic mass is 35.5. The maximum atomic E-state index is 6.07. The molecule has 0 saturated heterocycles. The van der Waals surface area contributed by atoms with Gasteiger partial charge in [-0.1, -0.05) is 47.5 Å². The molecule has 0 atom stereocenters. The highest BCUT2D eigenvalue weighted by Crippen LogP contribution is 2.30. The molecule has 31 heavy (non-hydrogen) atoms. The molecule has 0 heterocycles. The van der Waals surface area contributed by atoms with Gasteiger partial charge in [-0.2, -0.15) is 5.10 Å². The minimum atomic E-state index is 0.352. The molecule has 3 rings (SSSR count). The monoisotopic (exact) mass is 458 g/mol. The van der Waals surface area contributed by atoms with Crippen LogP contribution in [-0.2, 0) is 13.2 Å². The van der Waals surface area contributed by atoms with Crippen molar-refractivity contribution >= 4 is 29.4 Å². The van der Waals surface area contributed by atoms with Gasteiger partial charge in [-0.15, -0.1) is 0 Å². The van der Waals surface area contributed by atoms with Gasteiger partial charge >= 0.3 is 0 Å². The molecule has 0 aliphatic heterocycles. The molecule has 5 nitrogen and oxygen atoms in total.